The van der Waals surface area contributed by atoms with Gasteiger partial charge in [-0.15, -0.1) is 0 Å². The maximum atomic E-state index is 12.7. The summed E-state index contributed by atoms with van der Waals surface area (Å²) in [5.74, 6) is -0.995. The molecule has 0 unspecified atom stereocenters. The Bertz CT molecular complexity index is 681. The Kier molecular flexibility index (Phi) is 3.87. The fourth-order valence-electron chi connectivity index (χ4n) is 3.10. The highest BCUT2D eigenvalue weighted by molar-refractivity contribution is 6.37. The predicted octanol–water partition coefficient (Wildman–Crippen LogP) is 2.98. The Labute approximate surface area is 137 Å². The number of amidine groups is 1. The number of carbonyl (C=O) groups is 2. The van der Waals surface area contributed by atoms with Crippen LogP contribution < -0.4 is 0 Å². The van der Waals surface area contributed by atoms with E-state index >= 15 is 0 Å². The second-order valence-corrected chi connectivity index (χ2v) is 6.43. The van der Waals surface area contributed by atoms with E-state index < -0.39 is 18.1 Å². The SMILES string of the molecule is O=C(O)CN1C(=O)C2(CCCC2)N=C1c1ccc(Cl)cc1Cl. The second kappa shape index (κ2) is 5.56. The third-order valence-electron chi connectivity index (χ3n) is 4.11. The zero-order valence-corrected chi connectivity index (χ0v) is 13.2. The average molecular weight is 341 g/mol. The minimum atomic E-state index is -1.08. The van der Waals surface area contributed by atoms with Crippen LogP contribution in [0.25, 0.3) is 0 Å². The van der Waals surface area contributed by atoms with Gasteiger partial charge in [0, 0.05) is 10.6 Å². The van der Waals surface area contributed by atoms with E-state index in [0.29, 0.717) is 34.3 Å². The van der Waals surface area contributed by atoms with Crippen LogP contribution in [0.15, 0.2) is 23.2 Å². The van der Waals surface area contributed by atoms with Gasteiger partial charge in [-0.2, -0.15) is 0 Å². The van der Waals surface area contributed by atoms with Crippen LogP contribution in [0.2, 0.25) is 10.0 Å². The highest BCUT2D eigenvalue weighted by Crippen LogP contribution is 2.40. The van der Waals surface area contributed by atoms with E-state index in [-0.39, 0.29) is 5.91 Å². The number of carbonyl (C=O) groups excluding carboxylic acids is 1. The molecule has 2 aliphatic rings. The molecule has 1 saturated carbocycles. The van der Waals surface area contributed by atoms with Crippen LogP contribution in [0.5, 0.6) is 0 Å². The number of hydrogen-bond donors (Lipinski definition) is 1. The van der Waals surface area contributed by atoms with Gasteiger partial charge < -0.3 is 5.11 Å². The Hall–Kier alpha value is -1.59. The van der Waals surface area contributed by atoms with E-state index in [0.717, 1.165) is 12.8 Å². The van der Waals surface area contributed by atoms with Crippen LogP contribution in [0.3, 0.4) is 0 Å². The van der Waals surface area contributed by atoms with Gasteiger partial charge in [0.25, 0.3) is 5.91 Å². The van der Waals surface area contributed by atoms with E-state index in [1.807, 2.05) is 0 Å². The van der Waals surface area contributed by atoms with Crippen molar-refractivity contribution >= 4 is 40.9 Å². The molecule has 1 aliphatic carbocycles. The van der Waals surface area contributed by atoms with Crippen molar-refractivity contribution in [1.82, 2.24) is 4.90 Å². The first-order valence-electron chi connectivity index (χ1n) is 7.02. The predicted molar refractivity (Wildman–Crippen MR) is 83.5 cm³/mol. The van der Waals surface area contributed by atoms with Gasteiger partial charge in [-0.25, -0.2) is 0 Å². The lowest BCUT2D eigenvalue weighted by atomic mass is 9.98. The zero-order chi connectivity index (χ0) is 15.9. The molecule has 1 aliphatic heterocycles. The summed E-state index contributed by atoms with van der Waals surface area (Å²) in [6, 6.07) is 4.87. The highest BCUT2D eigenvalue weighted by Gasteiger charge is 2.50. The number of aliphatic imine (C=N–C) groups is 1. The van der Waals surface area contributed by atoms with Gasteiger partial charge in [-0.05, 0) is 31.0 Å². The molecule has 1 aromatic carbocycles. The van der Waals surface area contributed by atoms with E-state index in [9.17, 15) is 9.59 Å². The van der Waals surface area contributed by atoms with Crippen molar-refractivity contribution in [1.29, 1.82) is 0 Å². The average Bonchev–Trinajstić information content (AvgIpc) is 3.00. The van der Waals surface area contributed by atoms with Crippen LogP contribution >= 0.6 is 23.2 Å². The summed E-state index contributed by atoms with van der Waals surface area (Å²) in [4.78, 5) is 29.6. The molecule has 1 N–H and O–H groups in total. The summed E-state index contributed by atoms with van der Waals surface area (Å²) >= 11 is 12.1. The number of carboxylic acids is 1. The highest BCUT2D eigenvalue weighted by atomic mass is 35.5. The molecule has 116 valence electrons. The maximum Gasteiger partial charge on any atom is 0.323 e. The van der Waals surface area contributed by atoms with E-state index in [1.165, 1.54) is 4.90 Å². The van der Waals surface area contributed by atoms with Crippen molar-refractivity contribution < 1.29 is 14.7 Å². The van der Waals surface area contributed by atoms with E-state index in [4.69, 9.17) is 28.3 Å². The molecule has 0 bridgehead atoms. The summed E-state index contributed by atoms with van der Waals surface area (Å²) in [6.07, 6.45) is 3.13. The topological polar surface area (TPSA) is 70.0 Å². The van der Waals surface area contributed by atoms with Crippen LogP contribution in [0.4, 0.5) is 0 Å². The standard InChI is InChI=1S/C15H14Cl2N2O3/c16-9-3-4-10(11(17)7-9)13-18-15(5-1-2-6-15)14(22)19(13)8-12(20)21/h3-4,7H,1-2,5-6,8H2,(H,20,21). The molecule has 7 heteroatoms. The maximum absolute atomic E-state index is 12.7. The van der Waals surface area contributed by atoms with Crippen LogP contribution in [0, 0.1) is 0 Å². The van der Waals surface area contributed by atoms with Gasteiger partial charge >= 0.3 is 5.97 Å². The molecule has 22 heavy (non-hydrogen) atoms. The monoisotopic (exact) mass is 340 g/mol. The van der Waals surface area contributed by atoms with Crippen LogP contribution in [-0.4, -0.2) is 39.8 Å². The third kappa shape index (κ3) is 2.48. The number of carboxylic acid groups (broad SMARTS) is 1. The van der Waals surface area contributed by atoms with Gasteiger partial charge in [0.05, 0.1) is 5.02 Å². The van der Waals surface area contributed by atoms with Crippen molar-refractivity contribution in [2.24, 2.45) is 4.99 Å². The van der Waals surface area contributed by atoms with Crippen molar-refractivity contribution in [3.05, 3.63) is 33.8 Å². The van der Waals surface area contributed by atoms with Crippen molar-refractivity contribution in [2.75, 3.05) is 6.54 Å². The lowest BCUT2D eigenvalue weighted by molar-refractivity contribution is -0.142. The summed E-state index contributed by atoms with van der Waals surface area (Å²) in [6.45, 7) is -0.418. The quantitative estimate of drug-likeness (QED) is 0.919. The molecule has 1 aromatic rings. The Balaban J connectivity index is 2.08. The molecule has 1 fully saturated rings. The first-order valence-corrected chi connectivity index (χ1v) is 7.78. The molecule has 1 amide bonds. The number of nitrogens with zero attached hydrogens (tertiary/aromatic N) is 2. The second-order valence-electron chi connectivity index (χ2n) is 5.58. The lowest BCUT2D eigenvalue weighted by Gasteiger charge is -2.21. The van der Waals surface area contributed by atoms with Crippen LogP contribution in [0.1, 0.15) is 31.2 Å². The fraction of sp³-hybridized carbons (Fsp3) is 0.400. The zero-order valence-electron chi connectivity index (χ0n) is 11.7. The molecule has 0 aromatic heterocycles. The van der Waals surface area contributed by atoms with Gasteiger partial charge in [0.15, 0.2) is 0 Å². The van der Waals surface area contributed by atoms with E-state index in [1.54, 1.807) is 18.2 Å². The number of benzene rings is 1. The molecule has 0 saturated heterocycles. The molecule has 0 radical (unpaired) electrons. The number of hydrogen-bond acceptors (Lipinski definition) is 3. The van der Waals surface area contributed by atoms with Gasteiger partial charge in [-0.1, -0.05) is 36.0 Å². The number of rotatable bonds is 3. The van der Waals surface area contributed by atoms with Gasteiger partial charge in [0.2, 0.25) is 0 Å². The summed E-state index contributed by atoms with van der Waals surface area (Å²) in [5.41, 5.74) is -0.280. The minimum Gasteiger partial charge on any atom is -0.480 e. The van der Waals surface area contributed by atoms with Crippen LogP contribution in [-0.2, 0) is 9.59 Å². The van der Waals surface area contributed by atoms with Crippen molar-refractivity contribution in [3.63, 3.8) is 0 Å². The minimum absolute atomic E-state index is 0.242. The normalized spacial score (nSPS) is 19.8. The largest absolute Gasteiger partial charge is 0.480 e. The van der Waals surface area contributed by atoms with Crippen molar-refractivity contribution in [2.45, 2.75) is 31.2 Å². The smallest absolute Gasteiger partial charge is 0.323 e. The summed E-state index contributed by atoms with van der Waals surface area (Å²) < 4.78 is 0. The third-order valence-corrected chi connectivity index (χ3v) is 4.66. The number of aliphatic carboxylic acids is 1. The van der Waals surface area contributed by atoms with Crippen molar-refractivity contribution in [3.8, 4) is 0 Å². The molecule has 0 atom stereocenters. The lowest BCUT2D eigenvalue weighted by Crippen LogP contribution is -2.43. The van der Waals surface area contributed by atoms with Gasteiger partial charge in [0.1, 0.15) is 17.9 Å². The van der Waals surface area contributed by atoms with E-state index in [2.05, 4.69) is 4.99 Å². The first-order chi connectivity index (χ1) is 10.4. The molecule has 3 rings (SSSR count). The Morgan fingerprint density at radius 2 is 2.00 bits per heavy atom. The molecule has 1 heterocycles. The first kappa shape index (κ1) is 15.3. The Morgan fingerprint density at radius 3 is 2.59 bits per heavy atom. The molecular formula is C15H14Cl2N2O3. The number of halogens is 2. The van der Waals surface area contributed by atoms with Gasteiger partial charge in [-0.3, -0.25) is 19.5 Å². The molecule has 1 spiro atoms. The Morgan fingerprint density at radius 1 is 1.32 bits per heavy atom. The summed E-state index contributed by atoms with van der Waals surface area (Å²) in [5, 5.41) is 9.92. The fourth-order valence-corrected chi connectivity index (χ4v) is 3.60. The molecular weight excluding hydrogens is 327 g/mol. The number of amides is 1. The molecule has 5 nitrogen and oxygen atoms in total. The summed E-state index contributed by atoms with van der Waals surface area (Å²) in [7, 11) is 0.